The van der Waals surface area contributed by atoms with Gasteiger partial charge in [-0.25, -0.2) is 0 Å². The fraction of sp³-hybridized carbons (Fsp3) is 0.545. The Morgan fingerprint density at radius 2 is 2.44 bits per heavy atom. The summed E-state index contributed by atoms with van der Waals surface area (Å²) in [5.41, 5.74) is 6.00. The summed E-state index contributed by atoms with van der Waals surface area (Å²) in [4.78, 5) is 13.4. The zero-order valence-corrected chi connectivity index (χ0v) is 10.3. The lowest BCUT2D eigenvalue weighted by Gasteiger charge is -2.35. The van der Waals surface area contributed by atoms with Crippen molar-refractivity contribution in [2.24, 2.45) is 5.73 Å². The second kappa shape index (κ2) is 5.74. The monoisotopic (exact) mass is 251 g/mol. The SMILES string of the molecule is CNC(=O)c1ccc(N2CCOCC2CN)nn1. The highest BCUT2D eigenvalue weighted by Crippen LogP contribution is 2.15. The van der Waals surface area contributed by atoms with Crippen LogP contribution < -0.4 is 16.0 Å². The van der Waals surface area contributed by atoms with E-state index in [1.807, 2.05) is 0 Å². The van der Waals surface area contributed by atoms with Gasteiger partial charge in [-0.1, -0.05) is 0 Å². The zero-order valence-electron chi connectivity index (χ0n) is 10.3. The topological polar surface area (TPSA) is 93.4 Å². The molecule has 1 aliphatic rings. The molecule has 7 nitrogen and oxygen atoms in total. The summed E-state index contributed by atoms with van der Waals surface area (Å²) < 4.78 is 5.37. The number of carbonyl (C=O) groups is 1. The van der Waals surface area contributed by atoms with E-state index in [0.717, 1.165) is 12.4 Å². The Labute approximate surface area is 105 Å². The minimum atomic E-state index is -0.244. The van der Waals surface area contributed by atoms with Crippen molar-refractivity contribution in [2.75, 3.05) is 38.3 Å². The van der Waals surface area contributed by atoms with Crippen LogP contribution in [0.1, 0.15) is 10.5 Å². The molecule has 1 amide bonds. The van der Waals surface area contributed by atoms with Crippen LogP contribution in [0.5, 0.6) is 0 Å². The zero-order chi connectivity index (χ0) is 13.0. The van der Waals surface area contributed by atoms with Crippen molar-refractivity contribution in [1.29, 1.82) is 0 Å². The van der Waals surface area contributed by atoms with Crippen molar-refractivity contribution < 1.29 is 9.53 Å². The summed E-state index contributed by atoms with van der Waals surface area (Å²) in [5.74, 6) is 0.479. The highest BCUT2D eigenvalue weighted by Gasteiger charge is 2.23. The summed E-state index contributed by atoms with van der Waals surface area (Å²) in [6, 6.07) is 3.55. The predicted molar refractivity (Wildman–Crippen MR) is 66.4 cm³/mol. The number of nitrogens with zero attached hydrogens (tertiary/aromatic N) is 3. The van der Waals surface area contributed by atoms with Gasteiger partial charge in [-0.2, -0.15) is 0 Å². The second-order valence-corrected chi connectivity index (χ2v) is 4.01. The maximum Gasteiger partial charge on any atom is 0.271 e. The first-order valence-corrected chi connectivity index (χ1v) is 5.86. The Morgan fingerprint density at radius 1 is 1.61 bits per heavy atom. The maximum atomic E-state index is 11.4. The molecule has 3 N–H and O–H groups in total. The Bertz CT molecular complexity index is 408. The molecule has 0 aromatic carbocycles. The molecule has 7 heteroatoms. The van der Waals surface area contributed by atoms with E-state index in [9.17, 15) is 4.79 Å². The van der Waals surface area contributed by atoms with Crippen molar-refractivity contribution in [3.63, 3.8) is 0 Å². The minimum absolute atomic E-state index is 0.110. The summed E-state index contributed by atoms with van der Waals surface area (Å²) >= 11 is 0. The third-order valence-electron chi connectivity index (χ3n) is 2.90. The van der Waals surface area contributed by atoms with Gasteiger partial charge in [0, 0.05) is 20.1 Å². The van der Waals surface area contributed by atoms with E-state index >= 15 is 0 Å². The number of amides is 1. The van der Waals surface area contributed by atoms with E-state index in [2.05, 4.69) is 20.4 Å². The third kappa shape index (κ3) is 2.57. The molecule has 1 unspecified atom stereocenters. The first-order chi connectivity index (χ1) is 8.76. The number of nitrogens with one attached hydrogen (secondary N) is 1. The Balaban J connectivity index is 2.15. The quantitative estimate of drug-likeness (QED) is 0.715. The molecule has 0 saturated carbocycles. The Hall–Kier alpha value is -1.73. The minimum Gasteiger partial charge on any atom is -0.377 e. The molecule has 1 saturated heterocycles. The number of carbonyl (C=O) groups excluding carboxylic acids is 1. The van der Waals surface area contributed by atoms with Gasteiger partial charge in [-0.3, -0.25) is 4.79 Å². The van der Waals surface area contributed by atoms with Gasteiger partial charge >= 0.3 is 0 Å². The van der Waals surface area contributed by atoms with Crippen molar-refractivity contribution in [3.8, 4) is 0 Å². The van der Waals surface area contributed by atoms with Crippen LogP contribution in [0.3, 0.4) is 0 Å². The molecule has 0 radical (unpaired) electrons. The van der Waals surface area contributed by atoms with Gasteiger partial charge in [0.15, 0.2) is 11.5 Å². The summed E-state index contributed by atoms with van der Waals surface area (Å²) in [5, 5.41) is 10.5. The van der Waals surface area contributed by atoms with E-state index in [1.54, 1.807) is 19.2 Å². The second-order valence-electron chi connectivity index (χ2n) is 4.01. The maximum absolute atomic E-state index is 11.4. The molecule has 1 atom stereocenters. The van der Waals surface area contributed by atoms with Crippen LogP contribution in [0.2, 0.25) is 0 Å². The van der Waals surface area contributed by atoms with Gasteiger partial charge < -0.3 is 20.7 Å². The molecule has 1 aliphatic heterocycles. The molecule has 98 valence electrons. The first kappa shape index (κ1) is 12.7. The van der Waals surface area contributed by atoms with Gasteiger partial charge in [0.1, 0.15) is 0 Å². The van der Waals surface area contributed by atoms with E-state index in [4.69, 9.17) is 10.5 Å². The van der Waals surface area contributed by atoms with Crippen LogP contribution in [-0.2, 0) is 4.74 Å². The van der Waals surface area contributed by atoms with Gasteiger partial charge in [0.25, 0.3) is 5.91 Å². The smallest absolute Gasteiger partial charge is 0.271 e. The normalized spacial score (nSPS) is 19.7. The Kier molecular flexibility index (Phi) is 4.06. The van der Waals surface area contributed by atoms with Crippen LogP contribution in [-0.4, -0.2) is 55.5 Å². The van der Waals surface area contributed by atoms with Gasteiger partial charge in [-0.05, 0) is 12.1 Å². The van der Waals surface area contributed by atoms with Gasteiger partial charge in [0.2, 0.25) is 0 Å². The fourth-order valence-corrected chi connectivity index (χ4v) is 1.88. The lowest BCUT2D eigenvalue weighted by Crippen LogP contribution is -2.50. The largest absolute Gasteiger partial charge is 0.377 e. The van der Waals surface area contributed by atoms with Crippen LogP contribution in [0.4, 0.5) is 5.82 Å². The van der Waals surface area contributed by atoms with E-state index < -0.39 is 0 Å². The number of hydrogen-bond donors (Lipinski definition) is 2. The summed E-state index contributed by atoms with van der Waals surface area (Å²) in [6.07, 6.45) is 0. The molecule has 2 heterocycles. The van der Waals surface area contributed by atoms with Gasteiger partial charge in [-0.15, -0.1) is 10.2 Å². The van der Waals surface area contributed by atoms with Crippen molar-refractivity contribution in [2.45, 2.75) is 6.04 Å². The van der Waals surface area contributed by atoms with Crippen LogP contribution >= 0.6 is 0 Å². The van der Waals surface area contributed by atoms with Crippen LogP contribution in [0.15, 0.2) is 12.1 Å². The highest BCUT2D eigenvalue weighted by atomic mass is 16.5. The molecule has 1 aromatic heterocycles. The molecule has 1 aromatic rings. The molecular weight excluding hydrogens is 234 g/mol. The Morgan fingerprint density at radius 3 is 3.06 bits per heavy atom. The lowest BCUT2D eigenvalue weighted by molar-refractivity contribution is 0.0948. The molecule has 2 rings (SSSR count). The molecule has 1 fully saturated rings. The third-order valence-corrected chi connectivity index (χ3v) is 2.90. The summed E-state index contributed by atoms with van der Waals surface area (Å²) in [7, 11) is 1.56. The number of anilines is 1. The number of nitrogens with two attached hydrogens (primary N) is 1. The molecule has 0 bridgehead atoms. The van der Waals surface area contributed by atoms with Crippen molar-refractivity contribution in [3.05, 3.63) is 17.8 Å². The van der Waals surface area contributed by atoms with Crippen LogP contribution in [0.25, 0.3) is 0 Å². The number of aromatic nitrogens is 2. The molecule has 18 heavy (non-hydrogen) atoms. The van der Waals surface area contributed by atoms with Crippen molar-refractivity contribution >= 4 is 11.7 Å². The van der Waals surface area contributed by atoms with E-state index in [-0.39, 0.29) is 11.9 Å². The number of hydrogen-bond acceptors (Lipinski definition) is 6. The van der Waals surface area contributed by atoms with Gasteiger partial charge in [0.05, 0.1) is 19.3 Å². The molecular formula is C11H17N5O2. The average molecular weight is 251 g/mol. The predicted octanol–water partition coefficient (Wildman–Crippen LogP) is -1.000. The standard InChI is InChI=1S/C11H17N5O2/c1-13-11(17)9-2-3-10(15-14-9)16-4-5-18-7-8(16)6-12/h2-3,8H,4-7,12H2,1H3,(H,13,17). The highest BCUT2D eigenvalue weighted by molar-refractivity contribution is 5.91. The molecule has 0 aliphatic carbocycles. The fourth-order valence-electron chi connectivity index (χ4n) is 1.88. The van der Waals surface area contributed by atoms with Crippen LogP contribution in [0, 0.1) is 0 Å². The number of morpholine rings is 1. The average Bonchev–Trinajstić information content (AvgIpc) is 2.46. The summed E-state index contributed by atoms with van der Waals surface area (Å²) in [6.45, 7) is 2.47. The lowest BCUT2D eigenvalue weighted by atomic mass is 10.2. The van der Waals surface area contributed by atoms with E-state index in [0.29, 0.717) is 25.5 Å². The first-order valence-electron chi connectivity index (χ1n) is 5.86. The number of rotatable bonds is 3. The molecule has 0 spiro atoms. The van der Waals surface area contributed by atoms with E-state index in [1.165, 1.54) is 0 Å². The van der Waals surface area contributed by atoms with Crippen molar-refractivity contribution in [1.82, 2.24) is 15.5 Å². The number of ether oxygens (including phenoxy) is 1.